The van der Waals surface area contributed by atoms with Gasteiger partial charge in [-0.3, -0.25) is 4.79 Å². The number of furan rings is 1. The zero-order valence-electron chi connectivity index (χ0n) is 17.8. The summed E-state index contributed by atoms with van der Waals surface area (Å²) in [5.41, 5.74) is 3.61. The van der Waals surface area contributed by atoms with Gasteiger partial charge in [0.05, 0.1) is 0 Å². The second-order valence-electron chi connectivity index (χ2n) is 7.86. The van der Waals surface area contributed by atoms with Crippen LogP contribution in [0.4, 0.5) is 5.69 Å². The average molecular weight is 465 g/mol. The second kappa shape index (κ2) is 8.21. The third-order valence-electron chi connectivity index (χ3n) is 5.60. The average Bonchev–Trinajstić information content (AvgIpc) is 3.51. The summed E-state index contributed by atoms with van der Waals surface area (Å²) in [4.78, 5) is 17.4. The van der Waals surface area contributed by atoms with Crippen LogP contribution in [0.25, 0.3) is 44.7 Å². The van der Waals surface area contributed by atoms with Gasteiger partial charge in [0.25, 0.3) is 5.91 Å². The SMILES string of the molecule is O=C(Nc1ccc2oc(-c3cccc4ccccc34)nc2c1)c1ccc(-c2cccc(Cl)c2)o1. The van der Waals surface area contributed by atoms with Crippen molar-refractivity contribution >= 4 is 45.1 Å². The van der Waals surface area contributed by atoms with Crippen LogP contribution < -0.4 is 5.32 Å². The number of rotatable bonds is 4. The molecule has 164 valence electrons. The molecule has 0 radical (unpaired) electrons. The molecule has 0 unspecified atom stereocenters. The zero-order chi connectivity index (χ0) is 23.1. The van der Waals surface area contributed by atoms with E-state index in [4.69, 9.17) is 20.4 Å². The second-order valence-corrected chi connectivity index (χ2v) is 8.29. The predicted molar refractivity (Wildman–Crippen MR) is 134 cm³/mol. The number of carbonyl (C=O) groups is 1. The lowest BCUT2D eigenvalue weighted by atomic mass is 10.0. The van der Waals surface area contributed by atoms with E-state index < -0.39 is 0 Å². The van der Waals surface area contributed by atoms with Gasteiger partial charge in [0.15, 0.2) is 11.3 Å². The molecule has 0 saturated carbocycles. The summed E-state index contributed by atoms with van der Waals surface area (Å²) >= 11 is 6.05. The largest absolute Gasteiger partial charge is 0.451 e. The quantitative estimate of drug-likeness (QED) is 0.289. The van der Waals surface area contributed by atoms with Crippen LogP contribution in [0.5, 0.6) is 0 Å². The number of halogens is 1. The highest BCUT2D eigenvalue weighted by molar-refractivity contribution is 6.30. The minimum atomic E-state index is -0.356. The maximum absolute atomic E-state index is 12.8. The number of fused-ring (bicyclic) bond motifs is 2. The molecule has 0 bridgehead atoms. The Morgan fingerprint density at radius 3 is 2.59 bits per heavy atom. The molecule has 0 atom stereocenters. The van der Waals surface area contributed by atoms with Gasteiger partial charge in [-0.2, -0.15) is 0 Å². The first-order valence-electron chi connectivity index (χ1n) is 10.7. The van der Waals surface area contributed by atoms with Gasteiger partial charge < -0.3 is 14.2 Å². The van der Waals surface area contributed by atoms with Crippen LogP contribution in [0, 0.1) is 0 Å². The van der Waals surface area contributed by atoms with Crippen molar-refractivity contribution in [3.05, 3.63) is 108 Å². The van der Waals surface area contributed by atoms with Crippen molar-refractivity contribution in [3.63, 3.8) is 0 Å². The number of amides is 1. The van der Waals surface area contributed by atoms with E-state index >= 15 is 0 Å². The summed E-state index contributed by atoms with van der Waals surface area (Å²) in [6.07, 6.45) is 0. The third kappa shape index (κ3) is 3.72. The Bertz CT molecular complexity index is 1680. The van der Waals surface area contributed by atoms with Gasteiger partial charge in [-0.05, 0) is 59.3 Å². The number of nitrogens with zero attached hydrogens (tertiary/aromatic N) is 1. The maximum Gasteiger partial charge on any atom is 0.291 e. The first-order chi connectivity index (χ1) is 16.6. The molecule has 0 aliphatic heterocycles. The smallest absolute Gasteiger partial charge is 0.291 e. The van der Waals surface area contributed by atoms with Crippen LogP contribution in [-0.4, -0.2) is 10.9 Å². The van der Waals surface area contributed by atoms with E-state index in [9.17, 15) is 4.79 Å². The molecule has 5 nitrogen and oxygen atoms in total. The molecule has 2 aromatic heterocycles. The van der Waals surface area contributed by atoms with E-state index in [1.54, 1.807) is 42.5 Å². The monoisotopic (exact) mass is 464 g/mol. The fourth-order valence-corrected chi connectivity index (χ4v) is 4.17. The van der Waals surface area contributed by atoms with Crippen molar-refractivity contribution in [1.29, 1.82) is 0 Å². The van der Waals surface area contributed by atoms with Gasteiger partial charge in [-0.25, -0.2) is 4.98 Å². The van der Waals surface area contributed by atoms with Crippen molar-refractivity contribution < 1.29 is 13.6 Å². The molecule has 4 aromatic carbocycles. The molecule has 0 spiro atoms. The van der Waals surface area contributed by atoms with Crippen LogP contribution >= 0.6 is 11.6 Å². The summed E-state index contributed by atoms with van der Waals surface area (Å²) < 4.78 is 11.8. The van der Waals surface area contributed by atoms with Gasteiger partial charge in [0, 0.05) is 21.8 Å². The highest BCUT2D eigenvalue weighted by Crippen LogP contribution is 2.31. The topological polar surface area (TPSA) is 68.3 Å². The van der Waals surface area contributed by atoms with Crippen LogP contribution in [0.2, 0.25) is 5.02 Å². The minimum Gasteiger partial charge on any atom is -0.451 e. The number of aromatic nitrogens is 1. The van der Waals surface area contributed by atoms with E-state index in [1.165, 1.54) is 0 Å². The lowest BCUT2D eigenvalue weighted by molar-refractivity contribution is 0.0997. The molecule has 34 heavy (non-hydrogen) atoms. The Morgan fingerprint density at radius 2 is 1.68 bits per heavy atom. The van der Waals surface area contributed by atoms with Crippen LogP contribution in [0.15, 0.2) is 106 Å². The van der Waals surface area contributed by atoms with Crippen molar-refractivity contribution in [2.24, 2.45) is 0 Å². The molecule has 0 aliphatic carbocycles. The number of hydrogen-bond acceptors (Lipinski definition) is 4. The molecule has 2 heterocycles. The Kier molecular flexibility index (Phi) is 4.90. The summed E-state index contributed by atoms with van der Waals surface area (Å²) in [6, 6.07) is 30.2. The number of nitrogens with one attached hydrogen (secondary N) is 1. The Morgan fingerprint density at radius 1 is 0.824 bits per heavy atom. The predicted octanol–water partition coefficient (Wildman–Crippen LogP) is 7.81. The minimum absolute atomic E-state index is 0.201. The van der Waals surface area contributed by atoms with Gasteiger partial charge in [-0.15, -0.1) is 0 Å². The van der Waals surface area contributed by atoms with Gasteiger partial charge >= 0.3 is 0 Å². The van der Waals surface area contributed by atoms with Crippen LogP contribution in [0.3, 0.4) is 0 Å². The molecule has 6 heteroatoms. The summed E-state index contributed by atoms with van der Waals surface area (Å²) in [5, 5.41) is 5.65. The van der Waals surface area contributed by atoms with Crippen molar-refractivity contribution in [3.8, 4) is 22.8 Å². The molecule has 1 N–H and O–H groups in total. The molecule has 6 rings (SSSR count). The molecular weight excluding hydrogens is 448 g/mol. The zero-order valence-corrected chi connectivity index (χ0v) is 18.5. The van der Waals surface area contributed by atoms with Crippen molar-refractivity contribution in [2.45, 2.75) is 0 Å². The first-order valence-corrected chi connectivity index (χ1v) is 11.1. The first kappa shape index (κ1) is 20.3. The molecule has 0 fully saturated rings. The van der Waals surface area contributed by atoms with E-state index in [0.717, 1.165) is 21.9 Å². The lowest BCUT2D eigenvalue weighted by Gasteiger charge is -2.03. The molecule has 1 amide bonds. The molecule has 6 aromatic rings. The van der Waals surface area contributed by atoms with Gasteiger partial charge in [-0.1, -0.05) is 60.1 Å². The Hall–Kier alpha value is -4.35. The van der Waals surface area contributed by atoms with E-state index in [0.29, 0.717) is 33.5 Å². The number of oxazole rings is 1. The van der Waals surface area contributed by atoms with Gasteiger partial charge in [0.2, 0.25) is 5.89 Å². The number of benzene rings is 4. The van der Waals surface area contributed by atoms with Crippen LogP contribution in [-0.2, 0) is 0 Å². The fraction of sp³-hybridized carbons (Fsp3) is 0. The summed E-state index contributed by atoms with van der Waals surface area (Å²) in [6.45, 7) is 0. The number of carbonyl (C=O) groups excluding carboxylic acids is 1. The number of hydrogen-bond donors (Lipinski definition) is 1. The highest BCUT2D eigenvalue weighted by atomic mass is 35.5. The number of anilines is 1. The molecule has 0 saturated heterocycles. The van der Waals surface area contributed by atoms with E-state index in [2.05, 4.69) is 22.4 Å². The molecular formula is C28H17ClN2O3. The fourth-order valence-electron chi connectivity index (χ4n) is 3.98. The summed E-state index contributed by atoms with van der Waals surface area (Å²) in [7, 11) is 0. The lowest BCUT2D eigenvalue weighted by Crippen LogP contribution is -2.10. The Labute approximate surface area is 199 Å². The van der Waals surface area contributed by atoms with E-state index in [-0.39, 0.29) is 11.7 Å². The normalized spacial score (nSPS) is 11.2. The van der Waals surface area contributed by atoms with Gasteiger partial charge in [0.1, 0.15) is 11.3 Å². The Balaban J connectivity index is 1.27. The molecule has 0 aliphatic rings. The standard InChI is InChI=1S/C28H17ClN2O3/c29-19-8-3-7-18(15-19)24-13-14-26(33-24)27(32)30-20-11-12-25-23(16-20)31-28(34-25)22-10-4-6-17-5-1-2-9-21(17)22/h1-16H,(H,30,32). The van der Waals surface area contributed by atoms with Crippen molar-refractivity contribution in [2.75, 3.05) is 5.32 Å². The van der Waals surface area contributed by atoms with Crippen molar-refractivity contribution in [1.82, 2.24) is 4.98 Å². The van der Waals surface area contributed by atoms with Crippen LogP contribution in [0.1, 0.15) is 10.6 Å². The summed E-state index contributed by atoms with van der Waals surface area (Å²) in [5.74, 6) is 0.948. The maximum atomic E-state index is 12.8. The third-order valence-corrected chi connectivity index (χ3v) is 5.84. The van der Waals surface area contributed by atoms with E-state index in [1.807, 2.05) is 42.5 Å². The highest BCUT2D eigenvalue weighted by Gasteiger charge is 2.15.